The second kappa shape index (κ2) is 9.60. The van der Waals surface area contributed by atoms with Crippen LogP contribution in [0.2, 0.25) is 0 Å². The van der Waals surface area contributed by atoms with Crippen LogP contribution in [0.1, 0.15) is 34.0 Å². The third-order valence-corrected chi connectivity index (χ3v) is 4.50. The van der Waals surface area contributed by atoms with Gasteiger partial charge in [0, 0.05) is 22.5 Å². The Morgan fingerprint density at radius 3 is 2.43 bits per heavy atom. The van der Waals surface area contributed by atoms with E-state index in [0.717, 1.165) is 23.6 Å². The fourth-order valence-corrected chi connectivity index (χ4v) is 2.84. The van der Waals surface area contributed by atoms with Crippen LogP contribution in [0.4, 0.5) is 28.9 Å². The summed E-state index contributed by atoms with van der Waals surface area (Å²) in [6.45, 7) is 3.52. The van der Waals surface area contributed by atoms with Crippen LogP contribution in [0.3, 0.4) is 0 Å². The van der Waals surface area contributed by atoms with Crippen LogP contribution >= 0.6 is 0 Å². The minimum Gasteiger partial charge on any atom is -0.376 e. The van der Waals surface area contributed by atoms with Crippen molar-refractivity contribution in [2.45, 2.75) is 33.4 Å². The van der Waals surface area contributed by atoms with Gasteiger partial charge in [0.1, 0.15) is 12.4 Å². The lowest BCUT2D eigenvalue weighted by Crippen LogP contribution is -2.33. The number of carbonyl (C=O) groups is 2. The Labute approximate surface area is 171 Å². The zero-order valence-corrected chi connectivity index (χ0v) is 16.8. The fourth-order valence-electron chi connectivity index (χ4n) is 2.84. The molecule has 2 aromatic rings. The number of nitrogens with one attached hydrogen (secondary N) is 3. The van der Waals surface area contributed by atoms with E-state index in [1.54, 1.807) is 5.32 Å². The number of amides is 2. The lowest BCUT2D eigenvalue weighted by atomic mass is 10.1. The number of alkyl halides is 3. The highest BCUT2D eigenvalue weighted by atomic mass is 19.4. The first-order valence-electron chi connectivity index (χ1n) is 9.29. The van der Waals surface area contributed by atoms with E-state index in [1.165, 1.54) is 13.0 Å². The van der Waals surface area contributed by atoms with Crippen molar-refractivity contribution in [2.75, 3.05) is 23.7 Å². The Morgan fingerprint density at radius 1 is 1.10 bits per heavy atom. The summed E-state index contributed by atoms with van der Waals surface area (Å²) in [5.41, 5.74) is 2.57. The van der Waals surface area contributed by atoms with E-state index in [1.807, 2.05) is 32.0 Å². The molecule has 0 saturated heterocycles. The normalized spacial score (nSPS) is 11.2. The molecule has 0 aromatic heterocycles. The topological polar surface area (TPSA) is 70.2 Å². The molecule has 9 heteroatoms. The maximum absolute atomic E-state index is 14.2. The van der Waals surface area contributed by atoms with Crippen LogP contribution in [0.15, 0.2) is 30.3 Å². The number of hydrogen-bond acceptors (Lipinski definition) is 3. The highest BCUT2D eigenvalue weighted by Gasteiger charge is 2.28. The van der Waals surface area contributed by atoms with Crippen molar-refractivity contribution in [1.29, 1.82) is 0 Å². The van der Waals surface area contributed by atoms with E-state index in [9.17, 15) is 27.2 Å². The van der Waals surface area contributed by atoms with Gasteiger partial charge in [-0.3, -0.25) is 9.59 Å². The van der Waals surface area contributed by atoms with Crippen LogP contribution in [0, 0.1) is 19.7 Å². The molecule has 2 rings (SSSR count). The molecule has 0 spiro atoms. The number of carbonyl (C=O) groups excluding carboxylic acids is 2. The average molecular weight is 425 g/mol. The summed E-state index contributed by atoms with van der Waals surface area (Å²) in [4.78, 5) is 24.3. The predicted octanol–water partition coefficient (Wildman–Crippen LogP) is 4.35. The molecule has 162 valence electrons. The number of para-hydroxylation sites is 1. The third-order valence-electron chi connectivity index (χ3n) is 4.50. The molecule has 0 saturated carbocycles. The molecule has 30 heavy (non-hydrogen) atoms. The monoisotopic (exact) mass is 425 g/mol. The van der Waals surface area contributed by atoms with Gasteiger partial charge in [-0.15, -0.1) is 0 Å². The highest BCUT2D eigenvalue weighted by Crippen LogP contribution is 2.23. The zero-order chi connectivity index (χ0) is 22.5. The molecular weight excluding hydrogens is 402 g/mol. The predicted molar refractivity (Wildman–Crippen MR) is 107 cm³/mol. The second-order valence-corrected chi connectivity index (χ2v) is 6.79. The molecular formula is C21H23F4N3O2. The molecule has 0 heterocycles. The molecule has 0 fully saturated rings. The van der Waals surface area contributed by atoms with Gasteiger partial charge in [0.15, 0.2) is 0 Å². The van der Waals surface area contributed by atoms with E-state index < -0.39 is 24.4 Å². The van der Waals surface area contributed by atoms with E-state index >= 15 is 0 Å². The second-order valence-electron chi connectivity index (χ2n) is 6.79. The first-order chi connectivity index (χ1) is 14.0. The number of benzene rings is 2. The first-order valence-corrected chi connectivity index (χ1v) is 9.29. The summed E-state index contributed by atoms with van der Waals surface area (Å²) >= 11 is 0. The molecule has 3 N–H and O–H groups in total. The van der Waals surface area contributed by atoms with E-state index in [0.29, 0.717) is 5.69 Å². The Balaban J connectivity index is 2.10. The molecule has 0 bridgehead atoms. The first kappa shape index (κ1) is 23.2. The van der Waals surface area contributed by atoms with Gasteiger partial charge in [0.25, 0.3) is 5.91 Å². The van der Waals surface area contributed by atoms with Gasteiger partial charge in [0.05, 0.1) is 6.54 Å². The van der Waals surface area contributed by atoms with Crippen molar-refractivity contribution in [3.63, 3.8) is 0 Å². The summed E-state index contributed by atoms with van der Waals surface area (Å²) in [7, 11) is 0. The summed E-state index contributed by atoms with van der Waals surface area (Å²) in [5, 5.41) is 7.24. The van der Waals surface area contributed by atoms with E-state index in [2.05, 4.69) is 10.6 Å². The Bertz CT molecular complexity index is 943. The SMILES string of the molecule is CCc1cccc(C)c1NC(=O)CNc1cc(C(=O)NCC(F)(F)F)cc(F)c1C. The molecule has 5 nitrogen and oxygen atoms in total. The maximum Gasteiger partial charge on any atom is 0.405 e. The van der Waals surface area contributed by atoms with Gasteiger partial charge in [0.2, 0.25) is 5.91 Å². The van der Waals surface area contributed by atoms with Crippen LogP contribution in [-0.4, -0.2) is 31.1 Å². The summed E-state index contributed by atoms with van der Waals surface area (Å²) in [6, 6.07) is 7.72. The summed E-state index contributed by atoms with van der Waals surface area (Å²) < 4.78 is 51.0. The summed E-state index contributed by atoms with van der Waals surface area (Å²) in [5.74, 6) is -2.22. The average Bonchev–Trinajstić information content (AvgIpc) is 2.68. The number of anilines is 2. The largest absolute Gasteiger partial charge is 0.405 e. The van der Waals surface area contributed by atoms with Gasteiger partial charge < -0.3 is 16.0 Å². The fraction of sp³-hybridized carbons (Fsp3) is 0.333. The Kier molecular flexibility index (Phi) is 7.42. The molecule has 0 radical (unpaired) electrons. The van der Waals surface area contributed by atoms with Crippen molar-refractivity contribution in [1.82, 2.24) is 5.32 Å². The van der Waals surface area contributed by atoms with Crippen LogP contribution in [-0.2, 0) is 11.2 Å². The van der Waals surface area contributed by atoms with Crippen molar-refractivity contribution in [2.24, 2.45) is 0 Å². The van der Waals surface area contributed by atoms with Crippen LogP contribution in [0.5, 0.6) is 0 Å². The lowest BCUT2D eigenvalue weighted by Gasteiger charge is -2.15. The van der Waals surface area contributed by atoms with Crippen molar-refractivity contribution < 1.29 is 27.2 Å². The molecule has 0 unspecified atom stereocenters. The minimum atomic E-state index is -4.58. The van der Waals surface area contributed by atoms with Gasteiger partial charge in [-0.2, -0.15) is 13.2 Å². The summed E-state index contributed by atoms with van der Waals surface area (Å²) in [6.07, 6.45) is -3.85. The standard InChI is InChI=1S/C21H23F4N3O2/c1-4-14-7-5-6-12(2)19(14)28-18(29)10-26-17-9-15(8-16(22)13(17)3)20(30)27-11-21(23,24)25/h5-9,26H,4,10-11H2,1-3H3,(H,27,30)(H,28,29). The smallest absolute Gasteiger partial charge is 0.376 e. The maximum atomic E-state index is 14.2. The molecule has 0 aliphatic heterocycles. The lowest BCUT2D eigenvalue weighted by molar-refractivity contribution is -0.123. The highest BCUT2D eigenvalue weighted by molar-refractivity contribution is 5.97. The Hall–Kier alpha value is -3.10. The van der Waals surface area contributed by atoms with Gasteiger partial charge in [-0.1, -0.05) is 25.1 Å². The van der Waals surface area contributed by atoms with Crippen LogP contribution < -0.4 is 16.0 Å². The van der Waals surface area contributed by atoms with Crippen molar-refractivity contribution in [3.8, 4) is 0 Å². The van der Waals surface area contributed by atoms with E-state index in [4.69, 9.17) is 0 Å². The van der Waals surface area contributed by atoms with Gasteiger partial charge in [-0.25, -0.2) is 4.39 Å². The molecule has 0 atom stereocenters. The molecule has 0 aliphatic rings. The third kappa shape index (κ3) is 6.20. The molecule has 2 aromatic carbocycles. The van der Waals surface area contributed by atoms with Crippen molar-refractivity contribution >= 4 is 23.2 Å². The minimum absolute atomic E-state index is 0.139. The van der Waals surface area contributed by atoms with Crippen molar-refractivity contribution in [3.05, 3.63) is 58.4 Å². The number of aryl methyl sites for hydroxylation is 2. The number of halogens is 4. The quantitative estimate of drug-likeness (QED) is 0.578. The van der Waals surface area contributed by atoms with Gasteiger partial charge in [-0.05, 0) is 43.5 Å². The Morgan fingerprint density at radius 2 is 1.80 bits per heavy atom. The molecule has 0 aliphatic carbocycles. The number of rotatable bonds is 7. The number of hydrogen-bond donors (Lipinski definition) is 3. The molecule has 2 amide bonds. The van der Waals surface area contributed by atoms with Gasteiger partial charge >= 0.3 is 6.18 Å². The van der Waals surface area contributed by atoms with E-state index in [-0.39, 0.29) is 29.3 Å². The zero-order valence-electron chi connectivity index (χ0n) is 16.8. The van der Waals surface area contributed by atoms with Crippen LogP contribution in [0.25, 0.3) is 0 Å².